The van der Waals surface area contributed by atoms with Crippen molar-refractivity contribution in [2.75, 3.05) is 25.5 Å². The number of hydrogen-bond donors (Lipinski definition) is 2. The Morgan fingerprint density at radius 2 is 2.09 bits per heavy atom. The smallest absolute Gasteiger partial charge is 0.387 e. The summed E-state index contributed by atoms with van der Waals surface area (Å²) in [6, 6.07) is 12.8. The van der Waals surface area contributed by atoms with Crippen molar-refractivity contribution in [1.29, 1.82) is 0 Å². The van der Waals surface area contributed by atoms with Gasteiger partial charge in [-0.1, -0.05) is 24.3 Å². The Morgan fingerprint density at radius 3 is 2.82 bits per heavy atom. The second-order valence-corrected chi connectivity index (χ2v) is 8.12. The van der Waals surface area contributed by atoms with Crippen LogP contribution in [0.3, 0.4) is 0 Å². The summed E-state index contributed by atoms with van der Waals surface area (Å²) in [5.74, 6) is -0.851. The van der Waals surface area contributed by atoms with Crippen LogP contribution in [0.4, 0.5) is 14.5 Å². The highest BCUT2D eigenvalue weighted by atomic mass is 19.3. The van der Waals surface area contributed by atoms with Crippen LogP contribution in [0.2, 0.25) is 0 Å². The fourth-order valence-electron chi connectivity index (χ4n) is 4.34. The highest BCUT2D eigenvalue weighted by molar-refractivity contribution is 5.93. The Bertz CT molecular complexity index is 1170. The summed E-state index contributed by atoms with van der Waals surface area (Å²) in [5, 5.41) is 12.7. The van der Waals surface area contributed by atoms with Crippen LogP contribution in [-0.4, -0.2) is 47.7 Å². The standard InChI is InChI=1S/C25H25F2N3O3/c1-15-11-18(33-25(26)27)4-6-19(15)16-3-5-20-17(12-16)8-10-30(2)23(20)14-29-22-13-28-9-7-21(22)24(31)32/h3-7,9,11-13,23,25,29H,8,10,14H2,1-2H3,(H,31,32)/t23-/m1/s1. The molecule has 0 spiro atoms. The number of pyridine rings is 1. The number of ether oxygens (including phenoxy) is 1. The second kappa shape index (κ2) is 9.54. The minimum atomic E-state index is -2.85. The third kappa shape index (κ3) is 4.96. The molecule has 0 fully saturated rings. The lowest BCUT2D eigenvalue weighted by Gasteiger charge is -2.35. The van der Waals surface area contributed by atoms with E-state index in [4.69, 9.17) is 0 Å². The van der Waals surface area contributed by atoms with Gasteiger partial charge in [0.1, 0.15) is 5.75 Å². The fraction of sp³-hybridized carbons (Fsp3) is 0.280. The zero-order valence-corrected chi connectivity index (χ0v) is 18.4. The minimum absolute atomic E-state index is 0.0626. The molecule has 1 aliphatic rings. The lowest BCUT2D eigenvalue weighted by Crippen LogP contribution is -2.36. The number of carbonyl (C=O) groups is 1. The molecule has 0 bridgehead atoms. The number of rotatable bonds is 7. The molecule has 0 radical (unpaired) electrons. The Balaban J connectivity index is 1.58. The fourth-order valence-corrected chi connectivity index (χ4v) is 4.34. The predicted molar refractivity (Wildman–Crippen MR) is 122 cm³/mol. The average Bonchev–Trinajstić information content (AvgIpc) is 2.78. The summed E-state index contributed by atoms with van der Waals surface area (Å²) in [7, 11) is 2.05. The number of halogens is 2. The summed E-state index contributed by atoms with van der Waals surface area (Å²) in [5.41, 5.74) is 5.92. The van der Waals surface area contributed by atoms with E-state index in [9.17, 15) is 18.7 Å². The first-order chi connectivity index (χ1) is 15.8. The van der Waals surface area contributed by atoms with Crippen LogP contribution in [-0.2, 0) is 6.42 Å². The molecule has 2 aromatic carbocycles. The van der Waals surface area contributed by atoms with Crippen molar-refractivity contribution in [3.63, 3.8) is 0 Å². The van der Waals surface area contributed by atoms with E-state index in [1.807, 2.05) is 13.0 Å². The zero-order valence-electron chi connectivity index (χ0n) is 18.4. The van der Waals surface area contributed by atoms with Gasteiger partial charge in [-0.3, -0.25) is 9.88 Å². The molecule has 8 heteroatoms. The van der Waals surface area contributed by atoms with Crippen molar-refractivity contribution in [2.45, 2.75) is 26.0 Å². The summed E-state index contributed by atoms with van der Waals surface area (Å²) in [6.07, 6.45) is 3.88. The molecule has 1 aliphatic heterocycles. The Kier molecular flexibility index (Phi) is 6.55. The van der Waals surface area contributed by atoms with Gasteiger partial charge >= 0.3 is 12.6 Å². The topological polar surface area (TPSA) is 74.7 Å². The lowest BCUT2D eigenvalue weighted by atomic mass is 9.89. The number of hydrogen-bond acceptors (Lipinski definition) is 5. The van der Waals surface area contributed by atoms with Gasteiger partial charge in [0.25, 0.3) is 0 Å². The van der Waals surface area contributed by atoms with Gasteiger partial charge in [-0.25, -0.2) is 4.79 Å². The van der Waals surface area contributed by atoms with E-state index in [2.05, 4.69) is 39.1 Å². The molecule has 0 amide bonds. The normalized spacial score (nSPS) is 15.8. The van der Waals surface area contributed by atoms with Crippen molar-refractivity contribution < 1.29 is 23.4 Å². The third-order valence-electron chi connectivity index (χ3n) is 6.04. The minimum Gasteiger partial charge on any atom is -0.478 e. The number of nitrogens with one attached hydrogen (secondary N) is 1. The van der Waals surface area contributed by atoms with Crippen molar-refractivity contribution in [1.82, 2.24) is 9.88 Å². The number of anilines is 1. The van der Waals surface area contributed by atoms with E-state index in [-0.39, 0.29) is 17.4 Å². The maximum absolute atomic E-state index is 12.5. The van der Waals surface area contributed by atoms with Crippen molar-refractivity contribution in [2.24, 2.45) is 0 Å². The zero-order chi connectivity index (χ0) is 23.5. The third-order valence-corrected chi connectivity index (χ3v) is 6.04. The van der Waals surface area contributed by atoms with Crippen LogP contribution in [0.5, 0.6) is 5.75 Å². The van der Waals surface area contributed by atoms with Gasteiger partial charge in [0.2, 0.25) is 0 Å². The molecule has 2 heterocycles. The molecule has 0 aliphatic carbocycles. The molecule has 0 saturated carbocycles. The van der Waals surface area contributed by atoms with Crippen molar-refractivity contribution >= 4 is 11.7 Å². The van der Waals surface area contributed by atoms with Crippen molar-refractivity contribution in [3.05, 3.63) is 77.1 Å². The van der Waals surface area contributed by atoms with Gasteiger partial charge in [0.15, 0.2) is 0 Å². The quantitative estimate of drug-likeness (QED) is 0.525. The number of aryl methyl sites for hydroxylation is 1. The number of fused-ring (bicyclic) bond motifs is 1. The monoisotopic (exact) mass is 453 g/mol. The Labute approximate surface area is 190 Å². The maximum Gasteiger partial charge on any atom is 0.387 e. The molecule has 33 heavy (non-hydrogen) atoms. The SMILES string of the molecule is Cc1cc(OC(F)F)ccc1-c1ccc2c(c1)CCN(C)[C@@H]2CNc1cnccc1C(=O)O. The molecule has 0 unspecified atom stereocenters. The Morgan fingerprint density at radius 1 is 1.27 bits per heavy atom. The number of aromatic nitrogens is 1. The molecule has 172 valence electrons. The summed E-state index contributed by atoms with van der Waals surface area (Å²) >= 11 is 0. The van der Waals surface area contributed by atoms with E-state index in [0.717, 1.165) is 29.7 Å². The van der Waals surface area contributed by atoms with Gasteiger partial charge in [0.05, 0.1) is 23.5 Å². The van der Waals surface area contributed by atoms with E-state index in [0.29, 0.717) is 12.2 Å². The van der Waals surface area contributed by atoms with Crippen LogP contribution in [0, 0.1) is 6.92 Å². The van der Waals surface area contributed by atoms with Crippen LogP contribution in [0.1, 0.15) is 33.1 Å². The second-order valence-electron chi connectivity index (χ2n) is 8.12. The Hall–Kier alpha value is -3.52. The highest BCUT2D eigenvalue weighted by Crippen LogP contribution is 2.34. The molecule has 2 N–H and O–H groups in total. The first kappa shape index (κ1) is 22.7. The molecule has 3 aromatic rings. The number of carboxylic acid groups (broad SMARTS) is 1. The molecule has 0 saturated heterocycles. The van der Waals surface area contributed by atoms with Gasteiger partial charge in [-0.05, 0) is 66.4 Å². The van der Waals surface area contributed by atoms with E-state index in [1.54, 1.807) is 18.2 Å². The van der Waals surface area contributed by atoms with Crippen LogP contribution < -0.4 is 10.1 Å². The number of aromatic carboxylic acids is 1. The van der Waals surface area contributed by atoms with Crippen molar-refractivity contribution in [3.8, 4) is 16.9 Å². The number of benzene rings is 2. The van der Waals surface area contributed by atoms with E-state index < -0.39 is 12.6 Å². The number of likely N-dealkylation sites (N-methyl/N-ethyl adjacent to an activating group) is 1. The maximum atomic E-state index is 12.5. The van der Waals surface area contributed by atoms with Gasteiger partial charge < -0.3 is 15.2 Å². The van der Waals surface area contributed by atoms with Gasteiger partial charge in [-0.15, -0.1) is 0 Å². The molecule has 1 atom stereocenters. The number of nitrogens with zero attached hydrogens (tertiary/aromatic N) is 2. The lowest BCUT2D eigenvalue weighted by molar-refractivity contribution is -0.0498. The largest absolute Gasteiger partial charge is 0.478 e. The van der Waals surface area contributed by atoms with Gasteiger partial charge in [0, 0.05) is 19.3 Å². The summed E-state index contributed by atoms with van der Waals surface area (Å²) in [6.45, 7) is 0.427. The van der Waals surface area contributed by atoms with Gasteiger partial charge in [-0.2, -0.15) is 8.78 Å². The number of carboxylic acids is 1. The van der Waals surface area contributed by atoms with Crippen LogP contribution >= 0.6 is 0 Å². The number of alkyl halides is 2. The molecule has 1 aromatic heterocycles. The summed E-state index contributed by atoms with van der Waals surface area (Å²) in [4.78, 5) is 17.8. The first-order valence-electron chi connectivity index (χ1n) is 10.6. The molecule has 4 rings (SSSR count). The van der Waals surface area contributed by atoms with Crippen LogP contribution in [0.15, 0.2) is 54.9 Å². The molecule has 6 nitrogen and oxygen atoms in total. The molecular formula is C25H25F2N3O3. The predicted octanol–water partition coefficient (Wildman–Crippen LogP) is 5.00. The highest BCUT2D eigenvalue weighted by Gasteiger charge is 2.25. The van der Waals surface area contributed by atoms with Crippen LogP contribution in [0.25, 0.3) is 11.1 Å². The van der Waals surface area contributed by atoms with E-state index >= 15 is 0 Å². The molecular weight excluding hydrogens is 428 g/mol. The summed E-state index contributed by atoms with van der Waals surface area (Å²) < 4.78 is 29.5. The average molecular weight is 453 g/mol. The first-order valence-corrected chi connectivity index (χ1v) is 10.6. The van der Waals surface area contributed by atoms with E-state index in [1.165, 1.54) is 29.6 Å².